The fourth-order valence-corrected chi connectivity index (χ4v) is 9.06. The number of carbonyl (C=O) groups is 3. The summed E-state index contributed by atoms with van der Waals surface area (Å²) in [5.74, 6) is -1.54. The fourth-order valence-electron chi connectivity index (χ4n) is 7.86. The van der Waals surface area contributed by atoms with Gasteiger partial charge in [0.25, 0.3) is 5.91 Å². The van der Waals surface area contributed by atoms with Crippen molar-refractivity contribution < 1.29 is 42.1 Å². The number of rotatable bonds is 11. The average Bonchev–Trinajstić information content (AvgIpc) is 3.30. The Morgan fingerprint density at radius 2 is 1.61 bits per heavy atom. The number of carboxylic acids is 1. The normalized spacial score (nSPS) is 16.4. The second kappa shape index (κ2) is 17.7. The van der Waals surface area contributed by atoms with Crippen molar-refractivity contribution in [2.75, 3.05) is 12.9 Å². The standard InChI is InChI=1S/C49H39Cl2N3O9S/c1-49(48(57)58,35-15-18-37(33(21-35)25-52)30-8-4-3-5-9-30)53-46(55)41-22-32-23-42-43(24-34(32)26-54(41)47(56)38-10-6-7-11-45(38)64(2,59)60)63-44(28-62-42)31-13-16-36(17-14-31)61-27-29-12-19-39(50)40(51)20-29/h3-21,23-24,41,44H,22,26-28H2,1-2H3,(H,53,55)(H,57,58). The molecule has 0 aliphatic carbocycles. The van der Waals surface area contributed by atoms with E-state index >= 15 is 0 Å². The number of halogens is 2. The lowest BCUT2D eigenvalue weighted by molar-refractivity contribution is -0.148. The van der Waals surface area contributed by atoms with Gasteiger partial charge in [-0.3, -0.25) is 9.59 Å². The van der Waals surface area contributed by atoms with Crippen molar-refractivity contribution in [3.05, 3.63) is 176 Å². The predicted molar refractivity (Wildman–Crippen MR) is 239 cm³/mol. The molecule has 0 fully saturated rings. The molecule has 8 rings (SSSR count). The Balaban J connectivity index is 1.08. The van der Waals surface area contributed by atoms with Crippen LogP contribution >= 0.6 is 23.2 Å². The number of carbonyl (C=O) groups excluding carboxylic acids is 2. The summed E-state index contributed by atoms with van der Waals surface area (Å²) in [5.41, 5.74) is 2.36. The third-order valence-electron chi connectivity index (χ3n) is 11.4. The quantitative estimate of drug-likeness (QED) is 0.128. The van der Waals surface area contributed by atoms with E-state index in [0.29, 0.717) is 44.0 Å². The second-order valence-electron chi connectivity index (χ2n) is 15.7. The minimum atomic E-state index is -3.89. The molecule has 2 aliphatic heterocycles. The highest BCUT2D eigenvalue weighted by molar-refractivity contribution is 7.90. The van der Waals surface area contributed by atoms with Crippen LogP contribution < -0.4 is 19.5 Å². The number of aliphatic carboxylic acids is 1. The first-order chi connectivity index (χ1) is 30.6. The lowest BCUT2D eigenvalue weighted by Gasteiger charge is -2.39. The summed E-state index contributed by atoms with van der Waals surface area (Å²) in [6.45, 7) is 1.59. The van der Waals surface area contributed by atoms with Gasteiger partial charge in [-0.2, -0.15) is 5.26 Å². The number of nitrogens with zero attached hydrogens (tertiary/aromatic N) is 2. The topological polar surface area (TPSA) is 172 Å². The fraction of sp³-hybridized carbons (Fsp3) is 0.184. The third-order valence-corrected chi connectivity index (χ3v) is 13.3. The van der Waals surface area contributed by atoms with E-state index in [1.54, 1.807) is 30.3 Å². The van der Waals surface area contributed by atoms with Crippen LogP contribution in [0.15, 0.2) is 132 Å². The Morgan fingerprint density at radius 1 is 0.891 bits per heavy atom. The first-order valence-corrected chi connectivity index (χ1v) is 22.6. The van der Waals surface area contributed by atoms with Gasteiger partial charge < -0.3 is 29.5 Å². The van der Waals surface area contributed by atoms with Crippen LogP contribution in [0.3, 0.4) is 0 Å². The van der Waals surface area contributed by atoms with Crippen molar-refractivity contribution in [3.63, 3.8) is 0 Å². The molecule has 3 unspecified atom stereocenters. The molecule has 0 saturated carbocycles. The highest BCUT2D eigenvalue weighted by Crippen LogP contribution is 2.42. The Bertz CT molecular complexity index is 2980. The summed E-state index contributed by atoms with van der Waals surface area (Å²) in [6.07, 6.45) is 0.404. The molecule has 64 heavy (non-hydrogen) atoms. The highest BCUT2D eigenvalue weighted by atomic mass is 35.5. The Hall–Kier alpha value is -6.85. The Labute approximate surface area is 379 Å². The van der Waals surface area contributed by atoms with Crippen molar-refractivity contribution in [3.8, 4) is 34.4 Å². The maximum absolute atomic E-state index is 14.6. The van der Waals surface area contributed by atoms with Crippen molar-refractivity contribution in [2.45, 2.75) is 49.1 Å². The summed E-state index contributed by atoms with van der Waals surface area (Å²) in [4.78, 5) is 43.3. The molecule has 15 heteroatoms. The summed E-state index contributed by atoms with van der Waals surface area (Å²) < 4.78 is 44.4. The van der Waals surface area contributed by atoms with Gasteiger partial charge >= 0.3 is 5.97 Å². The van der Waals surface area contributed by atoms with Crippen molar-refractivity contribution in [2.24, 2.45) is 0 Å². The number of hydrogen-bond donors (Lipinski definition) is 2. The molecule has 6 aromatic carbocycles. The molecular formula is C49H39Cl2N3O9S. The minimum absolute atomic E-state index is 0.0796. The van der Waals surface area contributed by atoms with E-state index in [0.717, 1.165) is 22.9 Å². The number of sulfone groups is 1. The van der Waals surface area contributed by atoms with Gasteiger partial charge in [-0.1, -0.05) is 96.0 Å². The molecular weight excluding hydrogens is 878 g/mol. The van der Waals surface area contributed by atoms with E-state index in [1.165, 1.54) is 48.2 Å². The molecule has 3 atom stereocenters. The van der Waals surface area contributed by atoms with Gasteiger partial charge in [0.05, 0.1) is 32.1 Å². The van der Waals surface area contributed by atoms with Gasteiger partial charge in [0, 0.05) is 19.2 Å². The smallest absolute Gasteiger partial charge is 0.333 e. The molecule has 12 nitrogen and oxygen atoms in total. The summed E-state index contributed by atoms with van der Waals surface area (Å²) in [7, 11) is -3.89. The minimum Gasteiger partial charge on any atom is -0.489 e. The second-order valence-corrected chi connectivity index (χ2v) is 18.5. The Morgan fingerprint density at radius 3 is 2.31 bits per heavy atom. The van der Waals surface area contributed by atoms with Crippen molar-refractivity contribution in [1.82, 2.24) is 10.2 Å². The molecule has 0 saturated heterocycles. The maximum atomic E-state index is 14.6. The summed E-state index contributed by atoms with van der Waals surface area (Å²) in [5, 5.41) is 24.3. The molecule has 0 aromatic heterocycles. The van der Waals surface area contributed by atoms with Gasteiger partial charge in [0.2, 0.25) is 5.91 Å². The molecule has 0 bridgehead atoms. The number of benzene rings is 6. The molecule has 0 radical (unpaired) electrons. The van der Waals surface area contributed by atoms with Crippen LogP contribution in [-0.4, -0.2) is 55.1 Å². The average molecular weight is 917 g/mol. The number of nitrogens with one attached hydrogen (secondary N) is 1. The monoisotopic (exact) mass is 915 g/mol. The van der Waals surface area contributed by atoms with Crippen LogP contribution in [0.4, 0.5) is 0 Å². The number of carboxylic acid groups (broad SMARTS) is 1. The lowest BCUT2D eigenvalue weighted by atomic mass is 9.86. The van der Waals surface area contributed by atoms with E-state index < -0.39 is 45.3 Å². The van der Waals surface area contributed by atoms with Gasteiger partial charge in [0.1, 0.15) is 25.0 Å². The van der Waals surface area contributed by atoms with E-state index in [4.69, 9.17) is 37.4 Å². The molecule has 2 amide bonds. The summed E-state index contributed by atoms with van der Waals surface area (Å²) >= 11 is 12.2. The van der Waals surface area contributed by atoms with Crippen molar-refractivity contribution >= 4 is 50.8 Å². The van der Waals surface area contributed by atoms with E-state index in [9.17, 15) is 33.2 Å². The number of fused-ring (bicyclic) bond motifs is 2. The van der Waals surface area contributed by atoms with Gasteiger partial charge in [-0.05, 0) is 100 Å². The van der Waals surface area contributed by atoms with Gasteiger partial charge in [0.15, 0.2) is 33.0 Å². The van der Waals surface area contributed by atoms with Gasteiger partial charge in [-0.25, -0.2) is 13.2 Å². The number of hydrogen-bond acceptors (Lipinski definition) is 9. The van der Waals surface area contributed by atoms with Crippen molar-refractivity contribution in [1.29, 1.82) is 5.26 Å². The highest BCUT2D eigenvalue weighted by Gasteiger charge is 2.43. The van der Waals surface area contributed by atoms with Crippen LogP contribution in [0.1, 0.15) is 56.8 Å². The van der Waals surface area contributed by atoms with E-state index in [-0.39, 0.29) is 47.8 Å². The SMILES string of the molecule is CC(NC(=O)C1Cc2cc3c(cc2CN1C(=O)c1ccccc1S(C)(=O)=O)OC(c1ccc(OCc2ccc(Cl)c(Cl)c2)cc1)CO3)(C(=O)O)c1ccc(-c2ccccc2)c(C#N)c1. The summed E-state index contributed by atoms with van der Waals surface area (Å²) in [6, 6.07) is 36.4. The maximum Gasteiger partial charge on any atom is 0.333 e. The Kier molecular flexibility index (Phi) is 12.1. The molecule has 2 N–H and O–H groups in total. The first kappa shape index (κ1) is 43.8. The van der Waals surface area contributed by atoms with Gasteiger partial charge in [-0.15, -0.1) is 0 Å². The first-order valence-electron chi connectivity index (χ1n) is 20.0. The van der Waals surface area contributed by atoms with Crippen LogP contribution in [0.25, 0.3) is 11.1 Å². The molecule has 2 heterocycles. The lowest BCUT2D eigenvalue weighted by Crippen LogP contribution is -2.58. The largest absolute Gasteiger partial charge is 0.489 e. The van der Waals surface area contributed by atoms with Crippen LogP contribution in [-0.2, 0) is 44.5 Å². The predicted octanol–water partition coefficient (Wildman–Crippen LogP) is 8.71. The number of ether oxygens (including phenoxy) is 3. The van der Waals surface area contributed by atoms with E-state index in [2.05, 4.69) is 11.4 Å². The van der Waals surface area contributed by atoms with Crippen LogP contribution in [0, 0.1) is 11.3 Å². The number of nitriles is 1. The molecule has 6 aromatic rings. The molecule has 2 aliphatic rings. The molecule has 0 spiro atoms. The zero-order chi connectivity index (χ0) is 45.3. The zero-order valence-electron chi connectivity index (χ0n) is 34.4. The molecule has 324 valence electrons. The number of amides is 2. The zero-order valence-corrected chi connectivity index (χ0v) is 36.7. The van der Waals surface area contributed by atoms with Crippen LogP contribution in [0.2, 0.25) is 10.0 Å². The third kappa shape index (κ3) is 8.85. The van der Waals surface area contributed by atoms with Crippen LogP contribution in [0.5, 0.6) is 17.2 Å². The van der Waals surface area contributed by atoms with E-state index in [1.807, 2.05) is 60.7 Å².